The molecule has 4 rings (SSSR count). The molecular formula is C24H29N5O4. The number of carbonyl (C=O) groups is 2. The number of amides is 2. The van der Waals surface area contributed by atoms with Gasteiger partial charge in [0.25, 0.3) is 5.91 Å². The average Bonchev–Trinajstić information content (AvgIpc) is 3.15. The Morgan fingerprint density at radius 2 is 2.03 bits per heavy atom. The highest BCUT2D eigenvalue weighted by atomic mass is 16.5. The highest BCUT2D eigenvalue weighted by molar-refractivity contribution is 5.91. The molecule has 0 spiro atoms. The maximum atomic E-state index is 13.3. The third kappa shape index (κ3) is 5.87. The van der Waals surface area contributed by atoms with Gasteiger partial charge in [-0.05, 0) is 44.5 Å². The molecule has 0 saturated carbocycles. The summed E-state index contributed by atoms with van der Waals surface area (Å²) in [5, 5.41) is 7.39. The van der Waals surface area contributed by atoms with Gasteiger partial charge in [-0.3, -0.25) is 9.59 Å². The number of rotatable bonds is 7. The average molecular weight is 452 g/mol. The van der Waals surface area contributed by atoms with Gasteiger partial charge in [-0.25, -0.2) is 9.50 Å². The fourth-order valence-corrected chi connectivity index (χ4v) is 3.95. The SMILES string of the molecule is CC(C)(NC(=O)COc1ccccc1)C(=O)N1CCOC[C@H](Cc2ccc3nccn3n2)C1. The van der Waals surface area contributed by atoms with E-state index in [1.807, 2.05) is 36.5 Å². The highest BCUT2D eigenvalue weighted by Crippen LogP contribution is 2.17. The summed E-state index contributed by atoms with van der Waals surface area (Å²) in [5.41, 5.74) is 0.635. The normalized spacial score (nSPS) is 16.9. The number of hydrogen-bond donors (Lipinski definition) is 1. The lowest BCUT2D eigenvalue weighted by Gasteiger charge is -2.33. The summed E-state index contributed by atoms with van der Waals surface area (Å²) in [4.78, 5) is 31.7. The molecule has 9 heteroatoms. The van der Waals surface area contributed by atoms with Crippen LogP contribution in [0.3, 0.4) is 0 Å². The number of carbonyl (C=O) groups excluding carboxylic acids is 2. The Kier molecular flexibility index (Phi) is 6.88. The van der Waals surface area contributed by atoms with Crippen molar-refractivity contribution in [1.82, 2.24) is 24.8 Å². The third-order valence-electron chi connectivity index (χ3n) is 5.53. The lowest BCUT2D eigenvalue weighted by Crippen LogP contribution is -2.57. The van der Waals surface area contributed by atoms with Gasteiger partial charge in [-0.1, -0.05) is 18.2 Å². The van der Waals surface area contributed by atoms with Crippen molar-refractivity contribution < 1.29 is 19.1 Å². The van der Waals surface area contributed by atoms with E-state index in [4.69, 9.17) is 9.47 Å². The van der Waals surface area contributed by atoms with Crippen LogP contribution in [0.2, 0.25) is 0 Å². The van der Waals surface area contributed by atoms with Crippen LogP contribution in [0.25, 0.3) is 5.65 Å². The molecule has 1 saturated heterocycles. The van der Waals surface area contributed by atoms with Crippen LogP contribution in [-0.4, -0.2) is 69.8 Å². The van der Waals surface area contributed by atoms with Crippen molar-refractivity contribution >= 4 is 17.5 Å². The standard InChI is InChI=1S/C24H29N5O4/c1-24(2,26-22(30)17-33-20-6-4-3-5-7-20)23(31)28-12-13-32-16-18(15-28)14-19-8-9-21-25-10-11-29(21)27-19/h3-11,18H,12-17H2,1-2H3,(H,26,30)/t18-/m1/s1. The first-order valence-corrected chi connectivity index (χ1v) is 11.1. The second-order valence-electron chi connectivity index (χ2n) is 8.73. The Balaban J connectivity index is 1.35. The van der Waals surface area contributed by atoms with E-state index < -0.39 is 5.54 Å². The molecule has 9 nitrogen and oxygen atoms in total. The Bertz CT molecular complexity index is 1100. The van der Waals surface area contributed by atoms with Gasteiger partial charge in [-0.2, -0.15) is 5.10 Å². The molecular weight excluding hydrogens is 422 g/mol. The van der Waals surface area contributed by atoms with Gasteiger partial charge in [0.1, 0.15) is 11.3 Å². The molecule has 0 aliphatic carbocycles. The predicted molar refractivity (Wildman–Crippen MR) is 122 cm³/mol. The fraction of sp³-hybridized carbons (Fsp3) is 0.417. The quantitative estimate of drug-likeness (QED) is 0.587. The Labute approximate surface area is 192 Å². The van der Waals surface area contributed by atoms with Crippen LogP contribution in [-0.2, 0) is 20.7 Å². The van der Waals surface area contributed by atoms with E-state index in [0.29, 0.717) is 38.5 Å². The number of benzene rings is 1. The summed E-state index contributed by atoms with van der Waals surface area (Å²) in [7, 11) is 0. The van der Waals surface area contributed by atoms with Crippen LogP contribution in [0.15, 0.2) is 54.9 Å². The minimum atomic E-state index is -1.07. The molecule has 1 fully saturated rings. The topological polar surface area (TPSA) is 98.1 Å². The summed E-state index contributed by atoms with van der Waals surface area (Å²) in [6.45, 7) is 5.28. The van der Waals surface area contributed by atoms with Gasteiger partial charge in [0, 0.05) is 31.4 Å². The van der Waals surface area contributed by atoms with Crippen LogP contribution in [0.1, 0.15) is 19.5 Å². The first-order chi connectivity index (χ1) is 15.9. The molecule has 3 heterocycles. The molecule has 3 aromatic rings. The molecule has 2 amide bonds. The summed E-state index contributed by atoms with van der Waals surface area (Å²) in [6.07, 6.45) is 4.20. The lowest BCUT2D eigenvalue weighted by atomic mass is 10.00. The fourth-order valence-electron chi connectivity index (χ4n) is 3.95. The van der Waals surface area contributed by atoms with Gasteiger partial charge >= 0.3 is 0 Å². The summed E-state index contributed by atoms with van der Waals surface area (Å²) >= 11 is 0. The molecule has 0 radical (unpaired) electrons. The molecule has 1 aliphatic rings. The molecule has 174 valence electrons. The number of nitrogens with one attached hydrogen (secondary N) is 1. The number of para-hydroxylation sites is 1. The zero-order valence-electron chi connectivity index (χ0n) is 18.9. The number of hydrogen-bond acceptors (Lipinski definition) is 6. The second-order valence-corrected chi connectivity index (χ2v) is 8.73. The van der Waals surface area contributed by atoms with E-state index in [-0.39, 0.29) is 24.3 Å². The number of fused-ring (bicyclic) bond motifs is 1. The van der Waals surface area contributed by atoms with Crippen molar-refractivity contribution in [2.75, 3.05) is 32.9 Å². The van der Waals surface area contributed by atoms with Crippen LogP contribution >= 0.6 is 0 Å². The number of imidazole rings is 1. The van der Waals surface area contributed by atoms with Crippen LogP contribution in [0.4, 0.5) is 0 Å². The molecule has 0 bridgehead atoms. The molecule has 1 N–H and O–H groups in total. The van der Waals surface area contributed by atoms with Crippen molar-refractivity contribution in [1.29, 1.82) is 0 Å². The van der Waals surface area contributed by atoms with Crippen molar-refractivity contribution in [3.63, 3.8) is 0 Å². The number of ether oxygens (including phenoxy) is 2. The second kappa shape index (κ2) is 9.99. The van der Waals surface area contributed by atoms with E-state index >= 15 is 0 Å². The monoisotopic (exact) mass is 451 g/mol. The minimum Gasteiger partial charge on any atom is -0.484 e. The van der Waals surface area contributed by atoms with Gasteiger partial charge in [-0.15, -0.1) is 0 Å². The summed E-state index contributed by atoms with van der Waals surface area (Å²) < 4.78 is 13.0. The molecule has 1 aliphatic heterocycles. The van der Waals surface area contributed by atoms with E-state index in [2.05, 4.69) is 15.4 Å². The zero-order chi connectivity index (χ0) is 23.3. The Morgan fingerprint density at radius 1 is 1.21 bits per heavy atom. The third-order valence-corrected chi connectivity index (χ3v) is 5.53. The number of nitrogens with zero attached hydrogens (tertiary/aromatic N) is 4. The van der Waals surface area contributed by atoms with Crippen LogP contribution < -0.4 is 10.1 Å². The molecule has 2 aromatic heterocycles. The predicted octanol–water partition coefficient (Wildman–Crippen LogP) is 1.72. The summed E-state index contributed by atoms with van der Waals surface area (Å²) in [5.74, 6) is 0.200. The van der Waals surface area contributed by atoms with Gasteiger partial charge in [0.05, 0.1) is 18.9 Å². The van der Waals surface area contributed by atoms with Crippen molar-refractivity contribution in [2.24, 2.45) is 5.92 Å². The molecule has 33 heavy (non-hydrogen) atoms. The van der Waals surface area contributed by atoms with Gasteiger partial charge in [0.2, 0.25) is 5.91 Å². The van der Waals surface area contributed by atoms with E-state index in [9.17, 15) is 9.59 Å². The molecule has 1 aromatic carbocycles. The largest absolute Gasteiger partial charge is 0.484 e. The van der Waals surface area contributed by atoms with Crippen LogP contribution in [0.5, 0.6) is 5.75 Å². The van der Waals surface area contributed by atoms with Crippen molar-refractivity contribution in [3.8, 4) is 5.75 Å². The van der Waals surface area contributed by atoms with E-state index in [1.165, 1.54) is 0 Å². The van der Waals surface area contributed by atoms with Crippen molar-refractivity contribution in [3.05, 3.63) is 60.6 Å². The minimum absolute atomic E-state index is 0.0952. The smallest absolute Gasteiger partial charge is 0.258 e. The zero-order valence-corrected chi connectivity index (χ0v) is 18.9. The molecule has 0 unspecified atom stereocenters. The highest BCUT2D eigenvalue weighted by Gasteiger charge is 2.35. The van der Waals surface area contributed by atoms with E-state index in [0.717, 1.165) is 11.3 Å². The van der Waals surface area contributed by atoms with Gasteiger partial charge in [0.15, 0.2) is 12.3 Å². The van der Waals surface area contributed by atoms with E-state index in [1.54, 1.807) is 41.6 Å². The Hall–Kier alpha value is -3.46. The maximum Gasteiger partial charge on any atom is 0.258 e. The maximum absolute atomic E-state index is 13.3. The lowest BCUT2D eigenvalue weighted by molar-refractivity contribution is -0.141. The summed E-state index contributed by atoms with van der Waals surface area (Å²) in [6, 6.07) is 13.0. The van der Waals surface area contributed by atoms with Gasteiger partial charge < -0.3 is 19.7 Å². The van der Waals surface area contributed by atoms with Crippen molar-refractivity contribution in [2.45, 2.75) is 25.8 Å². The Morgan fingerprint density at radius 3 is 2.85 bits per heavy atom. The molecule has 1 atom stereocenters. The first-order valence-electron chi connectivity index (χ1n) is 11.1. The van der Waals surface area contributed by atoms with Crippen LogP contribution in [0, 0.1) is 5.92 Å². The number of aromatic nitrogens is 3. The first kappa shape index (κ1) is 22.7.